The predicted octanol–water partition coefficient (Wildman–Crippen LogP) is 7.13. The molecule has 4 heteroatoms. The van der Waals surface area contributed by atoms with Gasteiger partial charge in [-0.2, -0.15) is 0 Å². The maximum atomic E-state index is 6.12. The van der Waals surface area contributed by atoms with Gasteiger partial charge in [-0.05, 0) is 41.4 Å². The van der Waals surface area contributed by atoms with Crippen LogP contribution in [0.3, 0.4) is 0 Å². The highest BCUT2D eigenvalue weighted by molar-refractivity contribution is 6.41. The van der Waals surface area contributed by atoms with Gasteiger partial charge in [0.25, 0.3) is 0 Å². The summed E-state index contributed by atoms with van der Waals surface area (Å²) >= 11 is 0. The first-order valence-corrected chi connectivity index (χ1v) is 15.0. The standard InChI is InChI=1S/C21H24N2Si.C13H11B/c1-2-3-10-17-24-21(23-16-15-22-18-23,19-11-6-4-7-12-19)20-13-8-5-9-14-20;14-13(11-7-3-1-4-8-11)12-9-5-2-6-10-12/h2-9,11-16,18H,10,17,24H2,1H3;1-10,13H. The SMILES string of the molecule is CC=CCC[SiH2]C(c1ccccc1)(c1ccccc1)n1ccnc1.[B]C(c1ccccc1)c1ccccc1. The molecule has 0 aliphatic heterocycles. The Bertz CT molecular complexity index is 1260. The maximum absolute atomic E-state index is 6.12. The zero-order valence-corrected chi connectivity index (χ0v) is 23.5. The summed E-state index contributed by atoms with van der Waals surface area (Å²) in [5, 5.41) is -0.0827. The normalized spacial score (nSPS) is 11.6. The number of hydrogen-bond donors (Lipinski definition) is 0. The van der Waals surface area contributed by atoms with Crippen LogP contribution in [-0.2, 0) is 5.16 Å². The molecule has 4 aromatic carbocycles. The van der Waals surface area contributed by atoms with Crippen molar-refractivity contribution < 1.29 is 0 Å². The first-order valence-electron chi connectivity index (χ1n) is 13.3. The van der Waals surface area contributed by atoms with Gasteiger partial charge in [0.1, 0.15) is 0 Å². The molecule has 0 fully saturated rings. The van der Waals surface area contributed by atoms with Gasteiger partial charge in [-0.15, -0.1) is 0 Å². The molecule has 5 rings (SSSR count). The average molecular weight is 511 g/mol. The first-order chi connectivity index (χ1) is 18.8. The molecule has 1 aromatic heterocycles. The van der Waals surface area contributed by atoms with E-state index >= 15 is 0 Å². The van der Waals surface area contributed by atoms with Crippen LogP contribution in [-0.4, -0.2) is 26.9 Å². The summed E-state index contributed by atoms with van der Waals surface area (Å²) in [5.41, 5.74) is 5.03. The Labute approximate surface area is 231 Å². The number of rotatable bonds is 9. The van der Waals surface area contributed by atoms with E-state index in [-0.39, 0.29) is 11.0 Å². The third kappa shape index (κ3) is 6.70. The van der Waals surface area contributed by atoms with Crippen LogP contribution in [0, 0.1) is 0 Å². The third-order valence-corrected chi connectivity index (χ3v) is 9.58. The Morgan fingerprint density at radius 1 is 0.763 bits per heavy atom. The summed E-state index contributed by atoms with van der Waals surface area (Å²) in [5.74, 6) is -0.0163. The zero-order valence-electron chi connectivity index (χ0n) is 22.1. The Hall–Kier alpha value is -3.89. The van der Waals surface area contributed by atoms with Crippen LogP contribution >= 0.6 is 0 Å². The number of aromatic nitrogens is 2. The van der Waals surface area contributed by atoms with Crippen LogP contribution < -0.4 is 0 Å². The average Bonchev–Trinajstić information content (AvgIpc) is 3.55. The second kappa shape index (κ2) is 14.2. The van der Waals surface area contributed by atoms with Gasteiger partial charge in [0.05, 0.1) is 28.9 Å². The minimum absolute atomic E-state index is 0.0163. The molecule has 0 spiro atoms. The quantitative estimate of drug-likeness (QED) is 0.117. The molecule has 0 unspecified atom stereocenters. The summed E-state index contributed by atoms with van der Waals surface area (Å²) in [6.07, 6.45) is 11.6. The topological polar surface area (TPSA) is 17.8 Å². The van der Waals surface area contributed by atoms with Crippen LogP contribution in [0.2, 0.25) is 6.04 Å². The fraction of sp³-hybridized carbons (Fsp3) is 0.147. The third-order valence-electron chi connectivity index (χ3n) is 6.91. The highest BCUT2D eigenvalue weighted by Gasteiger charge is 2.35. The molecule has 0 aliphatic rings. The second-order valence-electron chi connectivity index (χ2n) is 9.32. The molecule has 188 valence electrons. The fourth-order valence-electron chi connectivity index (χ4n) is 4.95. The van der Waals surface area contributed by atoms with E-state index in [1.54, 1.807) is 0 Å². The summed E-state index contributed by atoms with van der Waals surface area (Å²) in [6, 6.07) is 43.3. The molecular formula is C34H35BN2Si. The van der Waals surface area contributed by atoms with Crippen molar-refractivity contribution in [2.24, 2.45) is 0 Å². The van der Waals surface area contributed by atoms with Gasteiger partial charge in [0, 0.05) is 12.4 Å². The van der Waals surface area contributed by atoms with E-state index in [4.69, 9.17) is 7.85 Å². The molecule has 5 aromatic rings. The molecule has 0 atom stereocenters. The minimum Gasteiger partial charge on any atom is -0.327 e. The van der Waals surface area contributed by atoms with E-state index < -0.39 is 9.52 Å². The Kier molecular flexibility index (Phi) is 10.1. The van der Waals surface area contributed by atoms with E-state index in [2.05, 4.69) is 120 Å². The lowest BCUT2D eigenvalue weighted by atomic mass is 9.76. The van der Waals surface area contributed by atoms with Gasteiger partial charge < -0.3 is 4.57 Å². The van der Waals surface area contributed by atoms with E-state index in [1.807, 2.05) is 48.9 Å². The van der Waals surface area contributed by atoms with Crippen molar-refractivity contribution in [3.63, 3.8) is 0 Å². The zero-order chi connectivity index (χ0) is 26.5. The van der Waals surface area contributed by atoms with Crippen molar-refractivity contribution in [1.29, 1.82) is 0 Å². The Morgan fingerprint density at radius 2 is 1.24 bits per heavy atom. The molecule has 0 amide bonds. The van der Waals surface area contributed by atoms with E-state index in [0.29, 0.717) is 0 Å². The number of allylic oxidation sites excluding steroid dienone is 2. The van der Waals surface area contributed by atoms with Crippen molar-refractivity contribution >= 4 is 17.4 Å². The lowest BCUT2D eigenvalue weighted by molar-refractivity contribution is 0.590. The summed E-state index contributed by atoms with van der Waals surface area (Å²) < 4.78 is 2.32. The molecular weight excluding hydrogens is 475 g/mol. The molecule has 1 heterocycles. The fourth-order valence-corrected chi connectivity index (χ4v) is 7.40. The second-order valence-corrected chi connectivity index (χ2v) is 11.6. The number of nitrogens with zero attached hydrogens (tertiary/aromatic N) is 2. The lowest BCUT2D eigenvalue weighted by Crippen LogP contribution is -2.41. The van der Waals surface area contributed by atoms with E-state index in [0.717, 1.165) is 17.5 Å². The van der Waals surface area contributed by atoms with Crippen LogP contribution in [0.5, 0.6) is 0 Å². The molecule has 2 nitrogen and oxygen atoms in total. The predicted molar refractivity (Wildman–Crippen MR) is 165 cm³/mol. The van der Waals surface area contributed by atoms with Crippen molar-refractivity contribution in [2.75, 3.05) is 0 Å². The molecule has 0 saturated carbocycles. The van der Waals surface area contributed by atoms with E-state index in [1.165, 1.54) is 17.2 Å². The van der Waals surface area contributed by atoms with E-state index in [9.17, 15) is 0 Å². The van der Waals surface area contributed by atoms with Crippen LogP contribution in [0.25, 0.3) is 0 Å². The lowest BCUT2D eigenvalue weighted by Gasteiger charge is -2.36. The molecule has 0 aliphatic carbocycles. The largest absolute Gasteiger partial charge is 0.327 e. The van der Waals surface area contributed by atoms with Crippen molar-refractivity contribution in [3.05, 3.63) is 174 Å². The van der Waals surface area contributed by atoms with Gasteiger partial charge in [0.15, 0.2) is 0 Å². The Morgan fingerprint density at radius 3 is 1.66 bits per heavy atom. The molecule has 0 saturated heterocycles. The number of hydrogen-bond acceptors (Lipinski definition) is 1. The maximum Gasteiger partial charge on any atom is 0.0953 e. The monoisotopic (exact) mass is 510 g/mol. The Balaban J connectivity index is 0.000000204. The highest BCUT2D eigenvalue weighted by atomic mass is 28.2. The van der Waals surface area contributed by atoms with Gasteiger partial charge >= 0.3 is 0 Å². The smallest absolute Gasteiger partial charge is 0.0953 e. The highest BCUT2D eigenvalue weighted by Crippen LogP contribution is 2.34. The minimum atomic E-state index is -0.496. The van der Waals surface area contributed by atoms with Gasteiger partial charge in [0.2, 0.25) is 0 Å². The molecule has 0 bridgehead atoms. The van der Waals surface area contributed by atoms with Gasteiger partial charge in [-0.1, -0.05) is 140 Å². The first kappa shape index (κ1) is 27.2. The molecule has 0 N–H and O–H groups in total. The molecule has 38 heavy (non-hydrogen) atoms. The number of benzene rings is 4. The summed E-state index contributed by atoms with van der Waals surface area (Å²) in [4.78, 5) is 4.35. The van der Waals surface area contributed by atoms with Gasteiger partial charge in [-0.3, -0.25) is 0 Å². The van der Waals surface area contributed by atoms with Crippen molar-refractivity contribution in [3.8, 4) is 0 Å². The summed E-state index contributed by atoms with van der Waals surface area (Å²) in [7, 11) is 5.62. The van der Waals surface area contributed by atoms with Gasteiger partial charge in [-0.25, -0.2) is 4.98 Å². The van der Waals surface area contributed by atoms with Crippen LogP contribution in [0.1, 0.15) is 41.4 Å². The van der Waals surface area contributed by atoms with Crippen molar-refractivity contribution in [1.82, 2.24) is 9.55 Å². The molecule has 2 radical (unpaired) electrons. The van der Waals surface area contributed by atoms with Crippen LogP contribution in [0.15, 0.2) is 152 Å². The van der Waals surface area contributed by atoms with Crippen molar-refractivity contribution in [2.45, 2.75) is 30.4 Å². The van der Waals surface area contributed by atoms with Crippen LogP contribution in [0.4, 0.5) is 0 Å². The summed E-state index contributed by atoms with van der Waals surface area (Å²) in [6.45, 7) is 2.10. The number of imidazole rings is 1.